The molecule has 0 aliphatic rings. The highest BCUT2D eigenvalue weighted by Gasteiger charge is 2.20. The van der Waals surface area contributed by atoms with Crippen molar-refractivity contribution < 1.29 is 14.3 Å². The van der Waals surface area contributed by atoms with Gasteiger partial charge in [0.25, 0.3) is 0 Å². The van der Waals surface area contributed by atoms with Gasteiger partial charge in [-0.2, -0.15) is 0 Å². The second kappa shape index (κ2) is 5.12. The zero-order chi connectivity index (χ0) is 10.6. The first-order valence-corrected chi connectivity index (χ1v) is 4.84. The fourth-order valence-electron chi connectivity index (χ4n) is 1.15. The molecule has 0 saturated heterocycles. The lowest BCUT2D eigenvalue weighted by molar-refractivity contribution is -0.152. The Morgan fingerprint density at radius 3 is 2.64 bits per heavy atom. The maximum absolute atomic E-state index is 11.3. The lowest BCUT2D eigenvalue weighted by atomic mass is 10.1. The molecular formula is C10H11BrO3. The Morgan fingerprint density at radius 1 is 1.43 bits per heavy atom. The first kappa shape index (κ1) is 11.2. The molecule has 76 valence electrons. The minimum absolute atomic E-state index is 0.398. The third-order valence-electron chi connectivity index (χ3n) is 1.80. The van der Waals surface area contributed by atoms with E-state index in [4.69, 9.17) is 4.74 Å². The van der Waals surface area contributed by atoms with Crippen molar-refractivity contribution >= 4 is 21.9 Å². The van der Waals surface area contributed by atoms with Gasteiger partial charge < -0.3 is 9.47 Å². The number of carbonyl (C=O) groups is 1. The van der Waals surface area contributed by atoms with Gasteiger partial charge in [0.15, 0.2) is 6.10 Å². The van der Waals surface area contributed by atoms with Crippen molar-refractivity contribution in [2.24, 2.45) is 0 Å². The van der Waals surface area contributed by atoms with Crippen molar-refractivity contribution in [3.8, 4) is 0 Å². The van der Waals surface area contributed by atoms with Crippen LogP contribution in [0.5, 0.6) is 0 Å². The first-order chi connectivity index (χ1) is 6.69. The van der Waals surface area contributed by atoms with Gasteiger partial charge in [0.2, 0.25) is 0 Å². The zero-order valence-electron chi connectivity index (χ0n) is 7.99. The van der Waals surface area contributed by atoms with E-state index in [1.165, 1.54) is 14.2 Å². The molecule has 1 atom stereocenters. The average molecular weight is 259 g/mol. The average Bonchev–Trinajstić information content (AvgIpc) is 2.19. The maximum atomic E-state index is 11.3. The molecule has 0 spiro atoms. The van der Waals surface area contributed by atoms with Gasteiger partial charge in [-0.05, 0) is 17.7 Å². The van der Waals surface area contributed by atoms with Crippen molar-refractivity contribution in [1.82, 2.24) is 0 Å². The van der Waals surface area contributed by atoms with Crippen LogP contribution in [0.1, 0.15) is 11.7 Å². The normalized spacial score (nSPS) is 12.2. The molecule has 1 aromatic rings. The van der Waals surface area contributed by atoms with Gasteiger partial charge in [0, 0.05) is 11.6 Å². The summed E-state index contributed by atoms with van der Waals surface area (Å²) >= 11 is 3.32. The Kier molecular flexibility index (Phi) is 4.10. The summed E-state index contributed by atoms with van der Waals surface area (Å²) in [5.41, 5.74) is 0.772. The Morgan fingerprint density at radius 2 is 2.14 bits per heavy atom. The Balaban J connectivity index is 2.94. The van der Waals surface area contributed by atoms with Crippen LogP contribution in [-0.4, -0.2) is 20.2 Å². The number of hydrogen-bond donors (Lipinski definition) is 0. The topological polar surface area (TPSA) is 35.5 Å². The number of halogens is 1. The molecule has 14 heavy (non-hydrogen) atoms. The van der Waals surface area contributed by atoms with Gasteiger partial charge in [-0.25, -0.2) is 4.79 Å². The highest BCUT2D eigenvalue weighted by atomic mass is 79.9. The molecule has 0 aromatic heterocycles. The van der Waals surface area contributed by atoms with Crippen LogP contribution in [-0.2, 0) is 14.3 Å². The number of benzene rings is 1. The molecule has 0 fully saturated rings. The number of rotatable bonds is 3. The molecule has 0 aliphatic heterocycles. The van der Waals surface area contributed by atoms with E-state index in [0.717, 1.165) is 10.0 Å². The van der Waals surface area contributed by atoms with Crippen LogP contribution in [0.25, 0.3) is 0 Å². The van der Waals surface area contributed by atoms with Crippen LogP contribution < -0.4 is 0 Å². The quantitative estimate of drug-likeness (QED) is 0.781. The van der Waals surface area contributed by atoms with Crippen LogP contribution in [0.3, 0.4) is 0 Å². The monoisotopic (exact) mass is 258 g/mol. The minimum Gasteiger partial charge on any atom is -0.467 e. The van der Waals surface area contributed by atoms with E-state index in [1.54, 1.807) is 0 Å². The Labute approximate surface area is 91.1 Å². The Bertz CT molecular complexity index is 325. The highest BCUT2D eigenvalue weighted by Crippen LogP contribution is 2.21. The number of esters is 1. The van der Waals surface area contributed by atoms with Crippen molar-refractivity contribution in [3.05, 3.63) is 34.3 Å². The van der Waals surface area contributed by atoms with Gasteiger partial charge in [0.1, 0.15) is 0 Å². The maximum Gasteiger partial charge on any atom is 0.339 e. The summed E-state index contributed by atoms with van der Waals surface area (Å²) < 4.78 is 10.6. The van der Waals surface area contributed by atoms with E-state index in [9.17, 15) is 4.79 Å². The summed E-state index contributed by atoms with van der Waals surface area (Å²) in [5.74, 6) is -0.398. The largest absolute Gasteiger partial charge is 0.467 e. The van der Waals surface area contributed by atoms with E-state index in [-0.39, 0.29) is 0 Å². The molecule has 0 heterocycles. The molecule has 1 rings (SSSR count). The molecule has 3 nitrogen and oxygen atoms in total. The predicted molar refractivity (Wildman–Crippen MR) is 55.9 cm³/mol. The molecule has 0 bridgehead atoms. The van der Waals surface area contributed by atoms with E-state index in [0.29, 0.717) is 0 Å². The second-order valence-electron chi connectivity index (χ2n) is 2.69. The highest BCUT2D eigenvalue weighted by molar-refractivity contribution is 9.10. The fourth-order valence-corrected chi connectivity index (χ4v) is 1.56. The molecule has 0 saturated carbocycles. The summed E-state index contributed by atoms with van der Waals surface area (Å²) in [4.78, 5) is 11.3. The van der Waals surface area contributed by atoms with Crippen LogP contribution >= 0.6 is 15.9 Å². The van der Waals surface area contributed by atoms with Crippen molar-refractivity contribution in [2.45, 2.75) is 6.10 Å². The van der Waals surface area contributed by atoms with Crippen LogP contribution in [0, 0.1) is 0 Å². The van der Waals surface area contributed by atoms with E-state index in [1.807, 2.05) is 24.3 Å². The second-order valence-corrected chi connectivity index (χ2v) is 3.61. The number of methoxy groups -OCH3 is 2. The smallest absolute Gasteiger partial charge is 0.339 e. The molecule has 1 unspecified atom stereocenters. The van der Waals surface area contributed by atoms with Gasteiger partial charge in [-0.1, -0.05) is 28.1 Å². The number of ether oxygens (including phenoxy) is 2. The number of carbonyl (C=O) groups excluding carboxylic acids is 1. The fraction of sp³-hybridized carbons (Fsp3) is 0.300. The van der Waals surface area contributed by atoms with Crippen molar-refractivity contribution in [2.75, 3.05) is 14.2 Å². The standard InChI is InChI=1S/C10H11BrO3/c1-13-9(10(12)14-2)7-4-3-5-8(11)6-7/h3-6,9H,1-2H3. The Hall–Kier alpha value is -0.870. The summed E-state index contributed by atoms with van der Waals surface area (Å²) in [6.07, 6.45) is -0.655. The number of hydrogen-bond acceptors (Lipinski definition) is 3. The zero-order valence-corrected chi connectivity index (χ0v) is 9.58. The van der Waals surface area contributed by atoms with Gasteiger partial charge >= 0.3 is 5.97 Å². The molecular weight excluding hydrogens is 248 g/mol. The van der Waals surface area contributed by atoms with Gasteiger partial charge in [-0.3, -0.25) is 0 Å². The van der Waals surface area contributed by atoms with Crippen molar-refractivity contribution in [3.63, 3.8) is 0 Å². The molecule has 4 heteroatoms. The van der Waals surface area contributed by atoms with E-state index < -0.39 is 12.1 Å². The lowest BCUT2D eigenvalue weighted by Gasteiger charge is -2.12. The van der Waals surface area contributed by atoms with Crippen LogP contribution in [0.4, 0.5) is 0 Å². The molecule has 0 N–H and O–H groups in total. The van der Waals surface area contributed by atoms with E-state index >= 15 is 0 Å². The van der Waals surface area contributed by atoms with E-state index in [2.05, 4.69) is 20.7 Å². The third-order valence-corrected chi connectivity index (χ3v) is 2.30. The molecule has 0 aliphatic carbocycles. The van der Waals surface area contributed by atoms with Gasteiger partial charge in [-0.15, -0.1) is 0 Å². The summed E-state index contributed by atoms with van der Waals surface area (Å²) in [7, 11) is 2.81. The van der Waals surface area contributed by atoms with Crippen LogP contribution in [0.2, 0.25) is 0 Å². The minimum atomic E-state index is -0.655. The lowest BCUT2D eigenvalue weighted by Crippen LogP contribution is -2.15. The molecule has 0 amide bonds. The summed E-state index contributed by atoms with van der Waals surface area (Å²) in [5, 5.41) is 0. The van der Waals surface area contributed by atoms with Gasteiger partial charge in [0.05, 0.1) is 7.11 Å². The SMILES string of the molecule is COC(=O)C(OC)c1cccc(Br)c1. The van der Waals surface area contributed by atoms with Crippen molar-refractivity contribution in [1.29, 1.82) is 0 Å². The molecule has 1 aromatic carbocycles. The summed E-state index contributed by atoms with van der Waals surface area (Å²) in [6.45, 7) is 0. The predicted octanol–water partition coefficient (Wildman–Crippen LogP) is 2.31. The summed E-state index contributed by atoms with van der Waals surface area (Å²) in [6, 6.07) is 7.36. The first-order valence-electron chi connectivity index (χ1n) is 4.05. The van der Waals surface area contributed by atoms with Crippen LogP contribution in [0.15, 0.2) is 28.7 Å². The molecule has 0 radical (unpaired) electrons. The third kappa shape index (κ3) is 2.56.